The largest absolute Gasteiger partial charge is 0.444 e. The molecular formula is C23H40FN3O4Si. The van der Waals surface area contributed by atoms with Crippen molar-refractivity contribution in [2.75, 3.05) is 25.5 Å². The SMILES string of the molecule is CC(C)(C)OC(=O)N1CC(CCc2c(N)cncc2F)OCC1CO[Si](C)(C)C(C)(C)C. The number of anilines is 1. The molecule has 1 aromatic heterocycles. The van der Waals surface area contributed by atoms with Crippen LogP contribution in [0.25, 0.3) is 0 Å². The summed E-state index contributed by atoms with van der Waals surface area (Å²) in [6, 6.07) is -0.238. The van der Waals surface area contributed by atoms with Crippen molar-refractivity contribution in [3.63, 3.8) is 0 Å². The summed E-state index contributed by atoms with van der Waals surface area (Å²) in [5.74, 6) is -0.426. The van der Waals surface area contributed by atoms with E-state index in [1.165, 1.54) is 6.20 Å². The number of aromatic nitrogens is 1. The van der Waals surface area contributed by atoms with Gasteiger partial charge in [-0.25, -0.2) is 9.18 Å². The summed E-state index contributed by atoms with van der Waals surface area (Å²) < 4.78 is 32.2. The Balaban J connectivity index is 2.09. The molecule has 9 heteroatoms. The van der Waals surface area contributed by atoms with E-state index < -0.39 is 19.7 Å². The van der Waals surface area contributed by atoms with E-state index in [9.17, 15) is 9.18 Å². The molecule has 2 rings (SSSR count). The van der Waals surface area contributed by atoms with Crippen LogP contribution in [0.4, 0.5) is 14.9 Å². The van der Waals surface area contributed by atoms with Gasteiger partial charge in [0.25, 0.3) is 0 Å². The van der Waals surface area contributed by atoms with Gasteiger partial charge in [-0.2, -0.15) is 0 Å². The Kier molecular flexibility index (Phi) is 8.34. The van der Waals surface area contributed by atoms with Crippen LogP contribution in [-0.4, -0.2) is 61.8 Å². The normalized spacial score (nSPS) is 20.3. The number of pyridine rings is 1. The molecule has 182 valence electrons. The number of halogens is 1. The van der Waals surface area contributed by atoms with Crippen LogP contribution in [0.15, 0.2) is 12.4 Å². The predicted molar refractivity (Wildman–Crippen MR) is 127 cm³/mol. The first-order valence-electron chi connectivity index (χ1n) is 11.2. The van der Waals surface area contributed by atoms with Crippen molar-refractivity contribution in [2.45, 2.75) is 90.3 Å². The van der Waals surface area contributed by atoms with Crippen LogP contribution in [0.5, 0.6) is 0 Å². The third-order valence-electron chi connectivity index (χ3n) is 6.19. The molecule has 2 atom stereocenters. The van der Waals surface area contributed by atoms with Gasteiger partial charge in [-0.3, -0.25) is 9.88 Å². The minimum atomic E-state index is -1.98. The minimum absolute atomic E-state index is 0.0658. The second kappa shape index (κ2) is 10.1. The zero-order valence-corrected chi connectivity index (χ0v) is 21.8. The molecule has 1 aliphatic heterocycles. The molecule has 0 radical (unpaired) electrons. The topological polar surface area (TPSA) is 86.9 Å². The van der Waals surface area contributed by atoms with Gasteiger partial charge >= 0.3 is 6.09 Å². The lowest BCUT2D eigenvalue weighted by Gasteiger charge is -2.43. The molecular weight excluding hydrogens is 429 g/mol. The van der Waals surface area contributed by atoms with E-state index in [0.29, 0.717) is 43.9 Å². The molecule has 0 aliphatic carbocycles. The highest BCUT2D eigenvalue weighted by molar-refractivity contribution is 6.74. The Morgan fingerprint density at radius 3 is 2.50 bits per heavy atom. The van der Waals surface area contributed by atoms with Gasteiger partial charge in [-0.15, -0.1) is 0 Å². The van der Waals surface area contributed by atoms with E-state index in [1.54, 1.807) is 4.90 Å². The van der Waals surface area contributed by atoms with Crippen molar-refractivity contribution in [3.8, 4) is 0 Å². The van der Waals surface area contributed by atoms with E-state index >= 15 is 0 Å². The predicted octanol–water partition coefficient (Wildman–Crippen LogP) is 4.76. The van der Waals surface area contributed by atoms with Gasteiger partial charge in [0.05, 0.1) is 50.0 Å². The number of hydrogen-bond acceptors (Lipinski definition) is 6. The average molecular weight is 470 g/mol. The van der Waals surface area contributed by atoms with Crippen LogP contribution in [0.2, 0.25) is 18.1 Å². The highest BCUT2D eigenvalue weighted by Gasteiger charge is 2.40. The lowest BCUT2D eigenvalue weighted by atomic mass is 10.0. The van der Waals surface area contributed by atoms with E-state index in [2.05, 4.69) is 38.8 Å². The standard InChI is InChI=1S/C23H40FN3O4Si/c1-22(2,3)31-21(28)27-13-17(9-10-18-19(24)11-26-12-20(18)25)29-14-16(27)15-30-32(7,8)23(4,5)6/h11-12,16-17H,9-10,13-15,25H2,1-8H3. The molecule has 2 heterocycles. The lowest BCUT2D eigenvalue weighted by Crippen LogP contribution is -2.56. The van der Waals surface area contributed by atoms with Gasteiger partial charge in [0, 0.05) is 5.56 Å². The molecule has 0 spiro atoms. The first-order valence-corrected chi connectivity index (χ1v) is 14.1. The van der Waals surface area contributed by atoms with Gasteiger partial charge in [0.15, 0.2) is 8.32 Å². The van der Waals surface area contributed by atoms with Crippen molar-refractivity contribution < 1.29 is 23.1 Å². The third kappa shape index (κ3) is 7.15. The van der Waals surface area contributed by atoms with Crippen LogP contribution < -0.4 is 5.73 Å². The monoisotopic (exact) mass is 469 g/mol. The van der Waals surface area contributed by atoms with Crippen molar-refractivity contribution in [2.24, 2.45) is 0 Å². The fraction of sp³-hybridized carbons (Fsp3) is 0.739. The molecule has 1 aliphatic rings. The number of nitrogens with two attached hydrogens (primary N) is 1. The maximum atomic E-state index is 14.1. The summed E-state index contributed by atoms with van der Waals surface area (Å²) in [5.41, 5.74) is 6.02. The van der Waals surface area contributed by atoms with E-state index in [0.717, 1.165) is 6.20 Å². The van der Waals surface area contributed by atoms with Crippen molar-refractivity contribution in [3.05, 3.63) is 23.8 Å². The summed E-state index contributed by atoms with van der Waals surface area (Å²) in [6.45, 7) is 17.5. The first kappa shape index (κ1) is 26.5. The first-order chi connectivity index (χ1) is 14.6. The second-order valence-corrected chi connectivity index (χ2v) is 15.9. The molecule has 1 saturated heterocycles. The smallest absolute Gasteiger partial charge is 0.410 e. The average Bonchev–Trinajstić information content (AvgIpc) is 2.64. The van der Waals surface area contributed by atoms with Crippen LogP contribution in [0.1, 0.15) is 53.5 Å². The second-order valence-electron chi connectivity index (χ2n) is 11.0. The molecule has 7 nitrogen and oxygen atoms in total. The molecule has 2 N–H and O–H groups in total. The molecule has 0 aromatic carbocycles. The molecule has 0 saturated carbocycles. The summed E-state index contributed by atoms with van der Waals surface area (Å²) in [6.07, 6.45) is 2.90. The number of nitrogens with zero attached hydrogens (tertiary/aromatic N) is 2. The molecule has 2 unspecified atom stereocenters. The highest BCUT2D eigenvalue weighted by Crippen LogP contribution is 2.37. The number of amides is 1. The summed E-state index contributed by atoms with van der Waals surface area (Å²) in [7, 11) is -1.98. The zero-order chi connectivity index (χ0) is 24.3. The van der Waals surface area contributed by atoms with Gasteiger partial charge in [0.1, 0.15) is 11.4 Å². The van der Waals surface area contributed by atoms with Crippen molar-refractivity contribution in [1.29, 1.82) is 0 Å². The Labute approximate surface area is 192 Å². The van der Waals surface area contributed by atoms with E-state index in [4.69, 9.17) is 19.6 Å². The Bertz CT molecular complexity index is 772. The van der Waals surface area contributed by atoms with Crippen molar-refractivity contribution >= 4 is 20.1 Å². The maximum Gasteiger partial charge on any atom is 0.410 e. The minimum Gasteiger partial charge on any atom is -0.444 e. The summed E-state index contributed by atoms with van der Waals surface area (Å²) in [5, 5.41) is 0.0658. The number of carbonyl (C=O) groups is 1. The number of carbonyl (C=O) groups excluding carboxylic acids is 1. The fourth-order valence-electron chi connectivity index (χ4n) is 3.18. The molecule has 32 heavy (non-hydrogen) atoms. The lowest BCUT2D eigenvalue weighted by molar-refractivity contribution is -0.0809. The highest BCUT2D eigenvalue weighted by atomic mass is 28.4. The fourth-order valence-corrected chi connectivity index (χ4v) is 4.22. The quantitative estimate of drug-likeness (QED) is 0.605. The van der Waals surface area contributed by atoms with Gasteiger partial charge in [-0.1, -0.05) is 20.8 Å². The molecule has 1 amide bonds. The van der Waals surface area contributed by atoms with Crippen LogP contribution >= 0.6 is 0 Å². The van der Waals surface area contributed by atoms with E-state index in [-0.39, 0.29) is 23.3 Å². The van der Waals surface area contributed by atoms with Gasteiger partial charge < -0.3 is 19.6 Å². The number of nitrogen functional groups attached to an aromatic ring is 1. The number of rotatable bonds is 6. The molecule has 1 aromatic rings. The van der Waals surface area contributed by atoms with Crippen LogP contribution in [0, 0.1) is 5.82 Å². The number of morpholine rings is 1. The Morgan fingerprint density at radius 2 is 1.94 bits per heavy atom. The Hall–Kier alpha value is -1.71. The van der Waals surface area contributed by atoms with Gasteiger partial charge in [-0.05, 0) is 51.7 Å². The third-order valence-corrected chi connectivity index (χ3v) is 10.7. The maximum absolute atomic E-state index is 14.1. The van der Waals surface area contributed by atoms with Crippen LogP contribution in [0.3, 0.4) is 0 Å². The number of hydrogen-bond donors (Lipinski definition) is 1. The van der Waals surface area contributed by atoms with E-state index in [1.807, 2.05) is 20.8 Å². The van der Waals surface area contributed by atoms with Crippen molar-refractivity contribution in [1.82, 2.24) is 9.88 Å². The zero-order valence-electron chi connectivity index (χ0n) is 20.8. The van der Waals surface area contributed by atoms with Gasteiger partial charge in [0.2, 0.25) is 0 Å². The summed E-state index contributed by atoms with van der Waals surface area (Å²) in [4.78, 5) is 18.5. The molecule has 0 bridgehead atoms. The number of ether oxygens (including phenoxy) is 2. The van der Waals surface area contributed by atoms with Crippen LogP contribution in [-0.2, 0) is 20.3 Å². The summed E-state index contributed by atoms with van der Waals surface area (Å²) >= 11 is 0. The Morgan fingerprint density at radius 1 is 1.28 bits per heavy atom. The molecule has 1 fully saturated rings.